The van der Waals surface area contributed by atoms with Crippen LogP contribution in [0.2, 0.25) is 5.02 Å². The Bertz CT molecular complexity index is 526. The predicted molar refractivity (Wildman–Crippen MR) is 81.7 cm³/mol. The zero-order valence-electron chi connectivity index (χ0n) is 11.8. The Labute approximate surface area is 128 Å². The van der Waals surface area contributed by atoms with Crippen molar-refractivity contribution in [3.8, 4) is 0 Å². The highest BCUT2D eigenvalue weighted by atomic mass is 35.5. The molecule has 0 atom stereocenters. The van der Waals surface area contributed by atoms with Crippen LogP contribution in [-0.4, -0.2) is 16.9 Å². The molecular formula is C15H19ClN2O3. The maximum atomic E-state index is 12.2. The second kappa shape index (κ2) is 7.41. The van der Waals surface area contributed by atoms with Crippen molar-refractivity contribution in [2.45, 2.75) is 51.0 Å². The molecule has 2 rings (SSSR count). The van der Waals surface area contributed by atoms with E-state index in [1.165, 1.54) is 37.5 Å². The van der Waals surface area contributed by atoms with Crippen molar-refractivity contribution in [3.63, 3.8) is 0 Å². The Hall–Kier alpha value is -1.62. The third kappa shape index (κ3) is 4.43. The molecule has 21 heavy (non-hydrogen) atoms. The molecule has 0 heterocycles. The molecule has 0 aliphatic heterocycles. The second-order valence-electron chi connectivity index (χ2n) is 5.44. The number of rotatable bonds is 3. The molecule has 0 aromatic heterocycles. The number of non-ortho nitro benzene ring substituents is 1. The van der Waals surface area contributed by atoms with Crippen molar-refractivity contribution in [3.05, 3.63) is 38.9 Å². The van der Waals surface area contributed by atoms with Crippen LogP contribution < -0.4 is 5.32 Å². The summed E-state index contributed by atoms with van der Waals surface area (Å²) in [4.78, 5) is 22.4. The standard InChI is InChI=1S/C15H19ClN2O3/c16-14-10-12(18(20)21)8-9-13(14)15(19)17-11-6-4-2-1-3-5-7-11/h8-11H,1-7H2,(H,17,19). The molecule has 0 radical (unpaired) electrons. The van der Waals surface area contributed by atoms with Gasteiger partial charge in [-0.05, 0) is 18.9 Å². The number of carbonyl (C=O) groups excluding carboxylic acids is 1. The van der Waals surface area contributed by atoms with Gasteiger partial charge >= 0.3 is 0 Å². The van der Waals surface area contributed by atoms with Crippen molar-refractivity contribution < 1.29 is 9.72 Å². The fourth-order valence-corrected chi connectivity index (χ4v) is 2.93. The predicted octanol–water partition coefficient (Wildman–Crippen LogP) is 4.09. The molecule has 1 aliphatic carbocycles. The zero-order valence-corrected chi connectivity index (χ0v) is 12.6. The van der Waals surface area contributed by atoms with Gasteiger partial charge in [-0.25, -0.2) is 0 Å². The smallest absolute Gasteiger partial charge is 0.270 e. The number of nitrogens with one attached hydrogen (secondary N) is 1. The maximum Gasteiger partial charge on any atom is 0.270 e. The van der Waals surface area contributed by atoms with Crippen LogP contribution >= 0.6 is 11.6 Å². The molecule has 0 spiro atoms. The molecule has 1 aliphatic rings. The maximum absolute atomic E-state index is 12.2. The molecule has 0 bridgehead atoms. The fourth-order valence-electron chi connectivity index (χ4n) is 2.67. The van der Waals surface area contributed by atoms with Crippen molar-refractivity contribution >= 4 is 23.2 Å². The van der Waals surface area contributed by atoms with E-state index in [4.69, 9.17) is 11.6 Å². The molecule has 1 aromatic carbocycles. The first-order chi connectivity index (χ1) is 10.1. The van der Waals surface area contributed by atoms with Gasteiger partial charge < -0.3 is 5.32 Å². The Morgan fingerprint density at radius 3 is 2.38 bits per heavy atom. The van der Waals surface area contributed by atoms with Crippen molar-refractivity contribution in [2.75, 3.05) is 0 Å². The molecule has 1 saturated carbocycles. The van der Waals surface area contributed by atoms with Gasteiger partial charge in [-0.1, -0.05) is 43.7 Å². The summed E-state index contributed by atoms with van der Waals surface area (Å²) in [5.74, 6) is -0.250. The number of carbonyl (C=O) groups is 1. The van der Waals surface area contributed by atoms with Gasteiger partial charge in [-0.3, -0.25) is 14.9 Å². The lowest BCUT2D eigenvalue weighted by Gasteiger charge is -2.21. The van der Waals surface area contributed by atoms with Crippen LogP contribution in [0.15, 0.2) is 18.2 Å². The first-order valence-electron chi connectivity index (χ1n) is 7.33. The molecule has 6 heteroatoms. The first kappa shape index (κ1) is 15.8. The van der Waals surface area contributed by atoms with Crippen molar-refractivity contribution in [2.24, 2.45) is 0 Å². The second-order valence-corrected chi connectivity index (χ2v) is 5.84. The molecule has 1 N–H and O–H groups in total. The van der Waals surface area contributed by atoms with E-state index in [9.17, 15) is 14.9 Å². The van der Waals surface area contributed by atoms with E-state index in [-0.39, 0.29) is 22.7 Å². The summed E-state index contributed by atoms with van der Waals surface area (Å²) in [5.41, 5.74) is 0.187. The van der Waals surface area contributed by atoms with Crippen LogP contribution in [0.5, 0.6) is 0 Å². The van der Waals surface area contributed by atoms with Crippen LogP contribution in [0, 0.1) is 10.1 Å². The topological polar surface area (TPSA) is 72.2 Å². The molecule has 1 aromatic rings. The fraction of sp³-hybridized carbons (Fsp3) is 0.533. The summed E-state index contributed by atoms with van der Waals surface area (Å²) in [6.45, 7) is 0. The molecule has 0 saturated heterocycles. The number of hydrogen-bond acceptors (Lipinski definition) is 3. The van der Waals surface area contributed by atoms with Crippen LogP contribution in [0.4, 0.5) is 5.69 Å². The van der Waals surface area contributed by atoms with E-state index in [1.807, 2.05) is 0 Å². The largest absolute Gasteiger partial charge is 0.349 e. The van der Waals surface area contributed by atoms with E-state index in [2.05, 4.69) is 5.32 Å². The lowest BCUT2D eigenvalue weighted by Crippen LogP contribution is -2.35. The number of halogens is 1. The van der Waals surface area contributed by atoms with Crippen molar-refractivity contribution in [1.29, 1.82) is 0 Å². The van der Waals surface area contributed by atoms with E-state index in [0.29, 0.717) is 5.56 Å². The minimum absolute atomic E-state index is 0.109. The lowest BCUT2D eigenvalue weighted by molar-refractivity contribution is -0.384. The molecule has 1 amide bonds. The van der Waals surface area contributed by atoms with Gasteiger partial charge in [0.1, 0.15) is 0 Å². The Balaban J connectivity index is 2.03. The van der Waals surface area contributed by atoms with Crippen LogP contribution in [-0.2, 0) is 0 Å². The summed E-state index contributed by atoms with van der Waals surface area (Å²) in [6, 6.07) is 4.11. The normalized spacial score (nSPS) is 16.8. The van der Waals surface area contributed by atoms with Crippen molar-refractivity contribution in [1.82, 2.24) is 5.32 Å². The number of amides is 1. The van der Waals surface area contributed by atoms with Gasteiger partial charge in [0.05, 0.1) is 15.5 Å². The number of nitrogens with zero attached hydrogens (tertiary/aromatic N) is 1. The van der Waals surface area contributed by atoms with E-state index >= 15 is 0 Å². The minimum Gasteiger partial charge on any atom is -0.349 e. The van der Waals surface area contributed by atoms with Gasteiger partial charge in [0.2, 0.25) is 0 Å². The summed E-state index contributed by atoms with van der Waals surface area (Å²) in [6.07, 6.45) is 7.91. The average Bonchev–Trinajstić information content (AvgIpc) is 2.41. The van der Waals surface area contributed by atoms with E-state index < -0.39 is 4.92 Å². The van der Waals surface area contributed by atoms with Crippen LogP contribution in [0.25, 0.3) is 0 Å². The van der Waals surface area contributed by atoms with Gasteiger partial charge in [0.15, 0.2) is 0 Å². The molecule has 0 unspecified atom stereocenters. The summed E-state index contributed by atoms with van der Waals surface area (Å²) in [7, 11) is 0. The summed E-state index contributed by atoms with van der Waals surface area (Å²) < 4.78 is 0. The van der Waals surface area contributed by atoms with Gasteiger partial charge in [-0.2, -0.15) is 0 Å². The third-order valence-electron chi connectivity index (χ3n) is 3.85. The third-order valence-corrected chi connectivity index (χ3v) is 4.16. The number of benzene rings is 1. The molecule has 114 valence electrons. The Morgan fingerprint density at radius 1 is 1.19 bits per heavy atom. The number of nitro benzene ring substituents is 1. The summed E-state index contributed by atoms with van der Waals surface area (Å²) in [5, 5.41) is 13.8. The number of hydrogen-bond donors (Lipinski definition) is 1. The monoisotopic (exact) mass is 310 g/mol. The van der Waals surface area contributed by atoms with Gasteiger partial charge in [0, 0.05) is 18.2 Å². The summed E-state index contributed by atoms with van der Waals surface area (Å²) >= 11 is 5.98. The molecule has 1 fully saturated rings. The Morgan fingerprint density at radius 2 is 1.81 bits per heavy atom. The minimum atomic E-state index is -0.525. The van der Waals surface area contributed by atoms with Crippen LogP contribution in [0.1, 0.15) is 55.3 Å². The highest BCUT2D eigenvalue weighted by molar-refractivity contribution is 6.34. The van der Waals surface area contributed by atoms with Gasteiger partial charge in [0.25, 0.3) is 11.6 Å². The number of nitro groups is 1. The molecular weight excluding hydrogens is 292 g/mol. The Kier molecular flexibility index (Phi) is 5.56. The van der Waals surface area contributed by atoms with Crippen LogP contribution in [0.3, 0.4) is 0 Å². The van der Waals surface area contributed by atoms with E-state index in [0.717, 1.165) is 25.7 Å². The lowest BCUT2D eigenvalue weighted by atomic mass is 9.96. The van der Waals surface area contributed by atoms with E-state index in [1.54, 1.807) is 0 Å². The quantitative estimate of drug-likeness (QED) is 0.675. The molecule has 5 nitrogen and oxygen atoms in total. The first-order valence-corrected chi connectivity index (χ1v) is 7.70. The highest BCUT2D eigenvalue weighted by Crippen LogP contribution is 2.23. The highest BCUT2D eigenvalue weighted by Gasteiger charge is 2.18. The van der Waals surface area contributed by atoms with Gasteiger partial charge in [-0.15, -0.1) is 0 Å². The SMILES string of the molecule is O=C(NC1CCCCCCC1)c1ccc([N+](=O)[O-])cc1Cl. The zero-order chi connectivity index (χ0) is 15.2. The average molecular weight is 311 g/mol.